The summed E-state index contributed by atoms with van der Waals surface area (Å²) in [4.78, 5) is 25.5. The molecule has 0 aliphatic rings. The second kappa shape index (κ2) is 9.24. The minimum absolute atomic E-state index is 0.0336. The fourth-order valence-electron chi connectivity index (χ4n) is 3.86. The van der Waals surface area contributed by atoms with E-state index in [2.05, 4.69) is 28.1 Å². The van der Waals surface area contributed by atoms with Crippen LogP contribution in [0.2, 0.25) is 5.02 Å². The predicted octanol–water partition coefficient (Wildman–Crippen LogP) is 4.60. The number of pyridine rings is 1. The van der Waals surface area contributed by atoms with Gasteiger partial charge in [0, 0.05) is 39.9 Å². The first-order valence-corrected chi connectivity index (χ1v) is 10.7. The molecule has 0 saturated heterocycles. The number of nitrogens with one attached hydrogen (secondary N) is 1. The van der Waals surface area contributed by atoms with Gasteiger partial charge in [-0.2, -0.15) is 5.10 Å². The van der Waals surface area contributed by atoms with E-state index < -0.39 is 5.91 Å². The van der Waals surface area contributed by atoms with Gasteiger partial charge in [0.25, 0.3) is 11.5 Å². The number of rotatable bonds is 6. The van der Waals surface area contributed by atoms with E-state index in [1.54, 1.807) is 30.6 Å². The average molecular weight is 447 g/mol. The molecule has 0 radical (unpaired) electrons. The number of aryl methyl sites for hydroxylation is 1. The highest BCUT2D eigenvalue weighted by Gasteiger charge is 2.13. The van der Waals surface area contributed by atoms with Crippen molar-refractivity contribution in [3.63, 3.8) is 0 Å². The highest BCUT2D eigenvalue weighted by Crippen LogP contribution is 2.24. The molecule has 7 heteroatoms. The number of hydrazone groups is 1. The van der Waals surface area contributed by atoms with E-state index in [9.17, 15) is 9.59 Å². The lowest BCUT2D eigenvalue weighted by atomic mass is 10.1. The summed E-state index contributed by atoms with van der Waals surface area (Å²) in [6.07, 6.45) is 3.29. The Bertz CT molecular complexity index is 1370. The van der Waals surface area contributed by atoms with E-state index >= 15 is 0 Å². The van der Waals surface area contributed by atoms with Gasteiger partial charge in [-0.05, 0) is 49.7 Å². The van der Waals surface area contributed by atoms with Gasteiger partial charge in [0.1, 0.15) is 5.56 Å². The maximum atomic E-state index is 12.8. The first-order valence-electron chi connectivity index (χ1n) is 10.3. The van der Waals surface area contributed by atoms with Gasteiger partial charge >= 0.3 is 0 Å². The molecule has 2 aromatic carbocycles. The molecule has 6 nitrogen and oxygen atoms in total. The van der Waals surface area contributed by atoms with Crippen LogP contribution in [0.15, 0.2) is 76.8 Å². The lowest BCUT2D eigenvalue weighted by molar-refractivity contribution is 0.0953. The molecule has 0 unspecified atom stereocenters. The smallest absolute Gasteiger partial charge is 0.276 e. The van der Waals surface area contributed by atoms with E-state index in [1.807, 2.05) is 37.3 Å². The first-order chi connectivity index (χ1) is 15.5. The molecule has 0 atom stereocenters. The van der Waals surface area contributed by atoms with Gasteiger partial charge in [-0.1, -0.05) is 41.9 Å². The van der Waals surface area contributed by atoms with Crippen molar-refractivity contribution < 1.29 is 4.79 Å². The Morgan fingerprint density at radius 2 is 1.84 bits per heavy atom. The van der Waals surface area contributed by atoms with Gasteiger partial charge in [0.15, 0.2) is 0 Å². The third kappa shape index (κ3) is 4.22. The summed E-state index contributed by atoms with van der Waals surface area (Å²) in [6, 6.07) is 18.5. The van der Waals surface area contributed by atoms with Crippen molar-refractivity contribution in [1.82, 2.24) is 14.6 Å². The van der Waals surface area contributed by atoms with Crippen molar-refractivity contribution in [3.05, 3.63) is 105 Å². The number of hydrogen-bond donors (Lipinski definition) is 1. The zero-order chi connectivity index (χ0) is 22.7. The fraction of sp³-hybridized carbons (Fsp3) is 0.160. The Hall–Kier alpha value is -3.64. The topological polar surface area (TPSA) is 68.4 Å². The van der Waals surface area contributed by atoms with Gasteiger partial charge in [0.2, 0.25) is 0 Å². The van der Waals surface area contributed by atoms with Crippen LogP contribution < -0.4 is 11.0 Å². The van der Waals surface area contributed by atoms with Crippen molar-refractivity contribution >= 4 is 34.6 Å². The number of para-hydroxylation sites is 1. The number of hydrogen-bond acceptors (Lipinski definition) is 3. The van der Waals surface area contributed by atoms with Crippen LogP contribution in [0.3, 0.4) is 0 Å². The molecule has 1 amide bonds. The summed E-state index contributed by atoms with van der Waals surface area (Å²) in [7, 11) is 0. The average Bonchev–Trinajstić information content (AvgIpc) is 3.07. The molecule has 0 aliphatic carbocycles. The number of carbonyl (C=O) groups is 1. The van der Waals surface area contributed by atoms with Gasteiger partial charge in [-0.15, -0.1) is 0 Å². The lowest BCUT2D eigenvalue weighted by Gasteiger charge is -2.08. The molecule has 2 aromatic heterocycles. The number of aromatic nitrogens is 2. The molecular formula is C25H23ClN4O2. The van der Waals surface area contributed by atoms with E-state index in [4.69, 9.17) is 11.6 Å². The van der Waals surface area contributed by atoms with Crippen LogP contribution in [-0.4, -0.2) is 21.3 Å². The molecular weight excluding hydrogens is 424 g/mol. The molecule has 0 aliphatic heterocycles. The molecule has 4 rings (SSSR count). The third-order valence-corrected chi connectivity index (χ3v) is 5.74. The van der Waals surface area contributed by atoms with Crippen molar-refractivity contribution in [3.8, 4) is 0 Å². The summed E-state index contributed by atoms with van der Waals surface area (Å²) >= 11 is 5.92. The highest BCUT2D eigenvalue weighted by atomic mass is 35.5. The van der Waals surface area contributed by atoms with Crippen molar-refractivity contribution in [1.29, 1.82) is 0 Å². The van der Waals surface area contributed by atoms with Gasteiger partial charge in [0.05, 0.1) is 12.8 Å². The molecule has 0 fully saturated rings. The number of carbonyl (C=O) groups excluding carboxylic acids is 1. The van der Waals surface area contributed by atoms with E-state index in [1.165, 1.54) is 10.6 Å². The Morgan fingerprint density at radius 3 is 2.59 bits per heavy atom. The van der Waals surface area contributed by atoms with Gasteiger partial charge in [-0.25, -0.2) is 5.43 Å². The van der Waals surface area contributed by atoms with Crippen molar-refractivity contribution in [2.24, 2.45) is 5.10 Å². The fourth-order valence-corrected chi connectivity index (χ4v) is 3.99. The quantitative estimate of drug-likeness (QED) is 0.347. The Balaban J connectivity index is 1.55. The van der Waals surface area contributed by atoms with Crippen LogP contribution in [0.4, 0.5) is 0 Å². The number of fused-ring (bicyclic) bond motifs is 1. The molecule has 0 bridgehead atoms. The largest absolute Gasteiger partial charge is 0.344 e. The SMILES string of the molecule is CCn1c(C)c(/C=N\NC(=O)c2cccn(Cc3ccc(Cl)cc3)c2=O)c2ccccc21. The van der Waals surface area contributed by atoms with E-state index in [-0.39, 0.29) is 11.1 Å². The minimum atomic E-state index is -0.548. The van der Waals surface area contributed by atoms with E-state index in [0.29, 0.717) is 11.6 Å². The number of halogens is 1. The van der Waals surface area contributed by atoms with Gasteiger partial charge in [-0.3, -0.25) is 9.59 Å². The van der Waals surface area contributed by atoms with Crippen molar-refractivity contribution in [2.75, 3.05) is 0 Å². The molecule has 0 saturated carbocycles. The second-order valence-corrected chi connectivity index (χ2v) is 7.88. The number of benzene rings is 2. The molecule has 32 heavy (non-hydrogen) atoms. The summed E-state index contributed by atoms with van der Waals surface area (Å²) in [5, 5.41) is 5.83. The predicted molar refractivity (Wildman–Crippen MR) is 129 cm³/mol. The number of nitrogens with zero attached hydrogens (tertiary/aromatic N) is 3. The Kier molecular flexibility index (Phi) is 6.23. The molecule has 2 heterocycles. The minimum Gasteiger partial charge on any atom is -0.344 e. The lowest BCUT2D eigenvalue weighted by Crippen LogP contribution is -2.30. The standard InChI is InChI=1S/C25H23ClN4O2/c1-3-30-17(2)22(20-7-4-5-9-23(20)30)15-27-28-24(31)21-8-6-14-29(25(21)32)16-18-10-12-19(26)13-11-18/h4-15H,3,16H2,1-2H3,(H,28,31)/b27-15-. The zero-order valence-electron chi connectivity index (χ0n) is 17.9. The van der Waals surface area contributed by atoms with Crippen LogP contribution in [0.5, 0.6) is 0 Å². The maximum absolute atomic E-state index is 12.8. The Labute approximate surface area is 190 Å². The van der Waals surface area contributed by atoms with Crippen LogP contribution >= 0.6 is 11.6 Å². The normalized spacial score (nSPS) is 11.3. The maximum Gasteiger partial charge on any atom is 0.276 e. The summed E-state index contributed by atoms with van der Waals surface area (Å²) < 4.78 is 3.69. The van der Waals surface area contributed by atoms with Crippen LogP contribution in [0.1, 0.15) is 34.1 Å². The third-order valence-electron chi connectivity index (χ3n) is 5.49. The highest BCUT2D eigenvalue weighted by molar-refractivity contribution is 6.30. The monoisotopic (exact) mass is 446 g/mol. The molecule has 1 N–H and O–H groups in total. The van der Waals surface area contributed by atoms with Crippen molar-refractivity contribution in [2.45, 2.75) is 26.9 Å². The van der Waals surface area contributed by atoms with Crippen LogP contribution in [0.25, 0.3) is 10.9 Å². The van der Waals surface area contributed by atoms with Gasteiger partial charge < -0.3 is 9.13 Å². The molecule has 4 aromatic rings. The Morgan fingerprint density at radius 1 is 1.09 bits per heavy atom. The first kappa shape index (κ1) is 21.6. The second-order valence-electron chi connectivity index (χ2n) is 7.44. The molecule has 162 valence electrons. The van der Waals surface area contributed by atoms with E-state index in [0.717, 1.165) is 34.3 Å². The zero-order valence-corrected chi connectivity index (χ0v) is 18.6. The summed E-state index contributed by atoms with van der Waals surface area (Å²) in [5.74, 6) is -0.548. The number of amides is 1. The van der Waals surface area contributed by atoms with Crippen LogP contribution in [-0.2, 0) is 13.1 Å². The summed E-state index contributed by atoms with van der Waals surface area (Å²) in [5.41, 5.74) is 6.19. The van der Waals surface area contributed by atoms with Crippen LogP contribution in [0, 0.1) is 6.92 Å². The summed E-state index contributed by atoms with van der Waals surface area (Å²) in [6.45, 7) is 5.30. The molecule has 0 spiro atoms.